The van der Waals surface area contributed by atoms with Crippen molar-refractivity contribution in [1.29, 1.82) is 0 Å². The monoisotopic (exact) mass is 361 g/mol. The summed E-state index contributed by atoms with van der Waals surface area (Å²) in [6.07, 6.45) is 8.38. The third-order valence-corrected chi connectivity index (χ3v) is 5.73. The molecule has 3 heterocycles. The molecule has 1 aliphatic rings. The highest BCUT2D eigenvalue weighted by atomic mass is 19.1. The number of rotatable bonds is 4. The van der Waals surface area contributed by atoms with Crippen LogP contribution in [0.25, 0.3) is 22.0 Å². The number of nitrogens with zero attached hydrogens (tertiary/aromatic N) is 3. The quantitative estimate of drug-likeness (QED) is 0.492. The molecule has 0 aliphatic heterocycles. The van der Waals surface area contributed by atoms with Gasteiger partial charge in [0, 0.05) is 17.8 Å². The topological polar surface area (TPSA) is 51.8 Å². The van der Waals surface area contributed by atoms with Crippen LogP contribution in [0.1, 0.15) is 43.0 Å². The maximum Gasteiger partial charge on any atom is 0.258 e. The van der Waals surface area contributed by atoms with Crippen LogP contribution in [0, 0.1) is 5.92 Å². The van der Waals surface area contributed by atoms with E-state index in [1.165, 1.54) is 26.2 Å². The lowest BCUT2D eigenvalue weighted by Crippen LogP contribution is -2.18. The Hall–Kier alpha value is -2.82. The van der Waals surface area contributed by atoms with Crippen molar-refractivity contribution < 1.29 is 8.91 Å². The van der Waals surface area contributed by atoms with Gasteiger partial charge < -0.3 is 4.52 Å². The second kappa shape index (κ2) is 6.12. The highest BCUT2D eigenvalue weighted by molar-refractivity contribution is 5.81. The van der Waals surface area contributed by atoms with Crippen LogP contribution in [0.2, 0.25) is 0 Å². The summed E-state index contributed by atoms with van der Waals surface area (Å²) < 4.78 is 21.3. The minimum absolute atomic E-state index is 0.281. The number of alkyl halides is 1. The molecule has 27 heavy (non-hydrogen) atoms. The Bertz CT molecular complexity index is 1130. The second-order valence-corrected chi connectivity index (χ2v) is 7.64. The third kappa shape index (κ3) is 2.78. The lowest BCUT2D eigenvalue weighted by Gasteiger charge is -2.25. The Morgan fingerprint density at radius 3 is 2.89 bits per heavy atom. The standard InChI is InChI=1S/C22H20FN3O/c1-22(23,17-7-8-19-16(12-17)6-3-9-24-19)20-18-11-15(10-14-4-2-5-14)13-25-21(18)27-26-20/h3,6-9,11-14H,2,4-5,10H2,1H3. The summed E-state index contributed by atoms with van der Waals surface area (Å²) in [6, 6.07) is 11.2. The van der Waals surface area contributed by atoms with Crippen molar-refractivity contribution >= 4 is 22.0 Å². The highest BCUT2D eigenvalue weighted by Gasteiger charge is 2.35. The number of hydrogen-bond acceptors (Lipinski definition) is 4. The summed E-state index contributed by atoms with van der Waals surface area (Å²) in [5.74, 6) is 0.720. The summed E-state index contributed by atoms with van der Waals surface area (Å²) in [4.78, 5) is 8.67. The first-order valence-corrected chi connectivity index (χ1v) is 9.40. The Balaban J connectivity index is 1.58. The second-order valence-electron chi connectivity index (χ2n) is 7.64. The third-order valence-electron chi connectivity index (χ3n) is 5.73. The highest BCUT2D eigenvalue weighted by Crippen LogP contribution is 2.38. The van der Waals surface area contributed by atoms with Gasteiger partial charge in [0.15, 0.2) is 5.67 Å². The van der Waals surface area contributed by atoms with Gasteiger partial charge >= 0.3 is 0 Å². The molecule has 136 valence electrons. The van der Waals surface area contributed by atoms with Crippen LogP contribution in [0.15, 0.2) is 53.3 Å². The van der Waals surface area contributed by atoms with Crippen LogP contribution in [0.3, 0.4) is 0 Å². The number of pyridine rings is 2. The first kappa shape index (κ1) is 16.4. The van der Waals surface area contributed by atoms with Gasteiger partial charge in [0.05, 0.1) is 10.9 Å². The van der Waals surface area contributed by atoms with Crippen LogP contribution in [-0.4, -0.2) is 15.1 Å². The maximum atomic E-state index is 15.9. The molecule has 1 fully saturated rings. The lowest BCUT2D eigenvalue weighted by atomic mass is 9.81. The van der Waals surface area contributed by atoms with E-state index in [-0.39, 0.29) is 5.69 Å². The molecule has 0 saturated heterocycles. The van der Waals surface area contributed by atoms with Crippen LogP contribution < -0.4 is 0 Å². The lowest BCUT2D eigenvalue weighted by molar-refractivity contribution is 0.235. The molecule has 1 aliphatic carbocycles. The van der Waals surface area contributed by atoms with E-state index in [9.17, 15) is 0 Å². The Kier molecular flexibility index (Phi) is 3.71. The molecule has 4 nitrogen and oxygen atoms in total. The average molecular weight is 361 g/mol. The van der Waals surface area contributed by atoms with Gasteiger partial charge in [-0.15, -0.1) is 0 Å². The minimum atomic E-state index is -1.79. The Morgan fingerprint density at radius 1 is 1.19 bits per heavy atom. The maximum absolute atomic E-state index is 15.9. The number of hydrogen-bond donors (Lipinski definition) is 0. The summed E-state index contributed by atoms with van der Waals surface area (Å²) in [5.41, 5.74) is 1.37. The molecular weight excluding hydrogens is 341 g/mol. The van der Waals surface area contributed by atoms with Gasteiger partial charge in [0.25, 0.3) is 5.71 Å². The van der Waals surface area contributed by atoms with E-state index in [2.05, 4.69) is 15.1 Å². The van der Waals surface area contributed by atoms with Crippen LogP contribution in [0.4, 0.5) is 4.39 Å². The van der Waals surface area contributed by atoms with Crippen molar-refractivity contribution in [3.8, 4) is 0 Å². The first-order valence-electron chi connectivity index (χ1n) is 9.40. The SMILES string of the molecule is CC(F)(c1ccc2ncccc2c1)c1noc2ncc(CC3CCC3)cc12. The molecule has 3 aromatic heterocycles. The predicted molar refractivity (Wildman–Crippen MR) is 102 cm³/mol. The minimum Gasteiger partial charge on any atom is -0.335 e. The molecule has 0 spiro atoms. The zero-order valence-electron chi connectivity index (χ0n) is 15.2. The fourth-order valence-corrected chi connectivity index (χ4v) is 3.86. The van der Waals surface area contributed by atoms with Crippen molar-refractivity contribution in [3.63, 3.8) is 0 Å². The fourth-order valence-electron chi connectivity index (χ4n) is 3.86. The van der Waals surface area contributed by atoms with Gasteiger partial charge in [-0.05, 0) is 54.7 Å². The molecular formula is C22H20FN3O. The number of benzene rings is 1. The van der Waals surface area contributed by atoms with Crippen LogP contribution >= 0.6 is 0 Å². The molecule has 0 amide bonds. The molecule has 1 unspecified atom stereocenters. The number of fused-ring (bicyclic) bond motifs is 2. The van der Waals surface area contributed by atoms with Gasteiger partial charge in [0.1, 0.15) is 5.69 Å². The Morgan fingerprint density at radius 2 is 2.07 bits per heavy atom. The molecule has 1 aromatic carbocycles. The van der Waals surface area contributed by atoms with Crippen molar-refractivity contribution in [3.05, 3.63) is 65.6 Å². The number of aromatic nitrogens is 3. The van der Waals surface area contributed by atoms with Crippen molar-refractivity contribution in [2.24, 2.45) is 5.92 Å². The van der Waals surface area contributed by atoms with Gasteiger partial charge in [0.2, 0.25) is 0 Å². The molecule has 0 N–H and O–H groups in total. The van der Waals surface area contributed by atoms with E-state index in [0.29, 0.717) is 16.7 Å². The van der Waals surface area contributed by atoms with E-state index in [1.807, 2.05) is 36.5 Å². The molecule has 5 rings (SSSR count). The zero-order chi connectivity index (χ0) is 18.4. The summed E-state index contributed by atoms with van der Waals surface area (Å²) in [6.45, 7) is 1.53. The molecule has 5 heteroatoms. The van der Waals surface area contributed by atoms with Crippen molar-refractivity contribution in [2.45, 2.75) is 38.3 Å². The molecule has 4 aromatic rings. The average Bonchev–Trinajstić information content (AvgIpc) is 3.08. The predicted octanol–water partition coefficient (Wildman–Crippen LogP) is 5.35. The van der Waals surface area contributed by atoms with E-state index in [4.69, 9.17) is 4.52 Å². The van der Waals surface area contributed by atoms with E-state index in [0.717, 1.165) is 28.8 Å². The molecule has 1 atom stereocenters. The van der Waals surface area contributed by atoms with Gasteiger partial charge in [-0.3, -0.25) is 4.98 Å². The normalized spacial score (nSPS) is 17.1. The first-order chi connectivity index (χ1) is 13.1. The molecule has 0 bridgehead atoms. The number of halogens is 1. The smallest absolute Gasteiger partial charge is 0.258 e. The Labute approximate surface area is 156 Å². The largest absolute Gasteiger partial charge is 0.335 e. The van der Waals surface area contributed by atoms with E-state index >= 15 is 4.39 Å². The summed E-state index contributed by atoms with van der Waals surface area (Å²) in [7, 11) is 0. The van der Waals surface area contributed by atoms with Gasteiger partial charge in [-0.2, -0.15) is 0 Å². The van der Waals surface area contributed by atoms with Crippen molar-refractivity contribution in [1.82, 2.24) is 15.1 Å². The molecule has 0 radical (unpaired) electrons. The van der Waals surface area contributed by atoms with E-state index < -0.39 is 5.67 Å². The summed E-state index contributed by atoms with van der Waals surface area (Å²) in [5, 5.41) is 5.60. The zero-order valence-corrected chi connectivity index (χ0v) is 15.2. The van der Waals surface area contributed by atoms with Crippen molar-refractivity contribution in [2.75, 3.05) is 0 Å². The van der Waals surface area contributed by atoms with Crippen LogP contribution in [-0.2, 0) is 12.1 Å². The van der Waals surface area contributed by atoms with Gasteiger partial charge in [-0.1, -0.05) is 36.6 Å². The molecule has 1 saturated carbocycles. The fraction of sp³-hybridized carbons (Fsp3) is 0.318. The van der Waals surface area contributed by atoms with Gasteiger partial charge in [-0.25, -0.2) is 9.37 Å². The van der Waals surface area contributed by atoms with E-state index in [1.54, 1.807) is 12.3 Å². The summed E-state index contributed by atoms with van der Waals surface area (Å²) >= 11 is 0. The van der Waals surface area contributed by atoms with Crippen LogP contribution in [0.5, 0.6) is 0 Å².